The first kappa shape index (κ1) is 16.1. The molecule has 5 nitrogen and oxygen atoms in total. The summed E-state index contributed by atoms with van der Waals surface area (Å²) in [5.41, 5.74) is 4.42. The molecule has 2 rings (SSSR count). The molecule has 1 heterocycles. The van der Waals surface area contributed by atoms with Gasteiger partial charge in [0.2, 0.25) is 0 Å². The van der Waals surface area contributed by atoms with E-state index in [0.717, 1.165) is 31.4 Å². The summed E-state index contributed by atoms with van der Waals surface area (Å²) in [6.45, 7) is 3.79. The fourth-order valence-corrected chi connectivity index (χ4v) is 3.87. The van der Waals surface area contributed by atoms with E-state index in [1.165, 1.54) is 0 Å². The molecule has 1 aliphatic rings. The summed E-state index contributed by atoms with van der Waals surface area (Å²) < 4.78 is 51.7. The summed E-state index contributed by atoms with van der Waals surface area (Å²) in [6.07, 6.45) is 2.71. The van der Waals surface area contributed by atoms with E-state index in [0.29, 0.717) is 0 Å². The van der Waals surface area contributed by atoms with Gasteiger partial charge in [-0.3, -0.25) is 0 Å². The fourth-order valence-electron chi connectivity index (χ4n) is 2.55. The Bertz CT molecular complexity index is 627. The monoisotopic (exact) mass is 319 g/mol. The van der Waals surface area contributed by atoms with Crippen molar-refractivity contribution in [3.05, 3.63) is 23.8 Å². The van der Waals surface area contributed by atoms with Crippen LogP contribution in [0.15, 0.2) is 17.0 Å². The number of sulfonamides is 1. The first-order valence-corrected chi connectivity index (χ1v) is 8.26. The Morgan fingerprint density at radius 1 is 1.24 bits per heavy atom. The van der Waals surface area contributed by atoms with Gasteiger partial charge in [0.25, 0.3) is 10.0 Å². The molecule has 1 aliphatic heterocycles. The number of nitrogen functional groups attached to an aromatic ring is 1. The number of benzene rings is 1. The van der Waals surface area contributed by atoms with Crippen molar-refractivity contribution in [2.45, 2.75) is 50.1 Å². The highest BCUT2D eigenvalue weighted by atomic mass is 32.2. The highest BCUT2D eigenvalue weighted by molar-refractivity contribution is 7.89. The predicted molar refractivity (Wildman–Crippen MR) is 75.7 cm³/mol. The Morgan fingerprint density at radius 3 is 2.38 bits per heavy atom. The molecule has 0 radical (unpaired) electrons. The van der Waals surface area contributed by atoms with Gasteiger partial charge in [0, 0.05) is 12.1 Å². The van der Waals surface area contributed by atoms with Crippen molar-refractivity contribution in [2.75, 3.05) is 5.73 Å². The zero-order valence-electron chi connectivity index (χ0n) is 11.9. The molecular formula is C13H19F2N3O2S. The maximum absolute atomic E-state index is 13.9. The second-order valence-electron chi connectivity index (χ2n) is 5.40. The standard InChI is InChI=1S/C13H19F2N3O2S/c1-8-4-3-5-9(2)18(8)17-21(19,20)11-7-6-10(14)13(16)12(11)15/h6-9,17H,3-5,16H2,1-2H3. The van der Waals surface area contributed by atoms with Crippen molar-refractivity contribution >= 4 is 15.7 Å². The molecule has 0 aromatic heterocycles. The van der Waals surface area contributed by atoms with Crippen molar-refractivity contribution < 1.29 is 17.2 Å². The summed E-state index contributed by atoms with van der Waals surface area (Å²) in [7, 11) is -4.14. The molecule has 0 bridgehead atoms. The van der Waals surface area contributed by atoms with Crippen LogP contribution >= 0.6 is 0 Å². The average Bonchev–Trinajstić information content (AvgIpc) is 2.40. The SMILES string of the molecule is CC1CCCC(C)N1NS(=O)(=O)c1ccc(F)c(N)c1F. The average molecular weight is 319 g/mol. The molecular weight excluding hydrogens is 300 g/mol. The number of rotatable bonds is 3. The molecule has 118 valence electrons. The number of hydrogen-bond donors (Lipinski definition) is 2. The van der Waals surface area contributed by atoms with Crippen LogP contribution in [0.4, 0.5) is 14.5 Å². The van der Waals surface area contributed by atoms with Crippen molar-refractivity contribution in [3.8, 4) is 0 Å². The second-order valence-corrected chi connectivity index (χ2v) is 7.03. The third-order valence-electron chi connectivity index (χ3n) is 3.80. The van der Waals surface area contributed by atoms with Crippen LogP contribution in [0.3, 0.4) is 0 Å². The maximum atomic E-state index is 13.9. The number of hydrogen-bond acceptors (Lipinski definition) is 4. The molecule has 21 heavy (non-hydrogen) atoms. The minimum Gasteiger partial charge on any atom is -0.394 e. The van der Waals surface area contributed by atoms with E-state index in [1.54, 1.807) is 5.01 Å². The lowest BCUT2D eigenvalue weighted by molar-refractivity contribution is 0.0789. The van der Waals surface area contributed by atoms with Gasteiger partial charge in [0.05, 0.1) is 0 Å². The van der Waals surface area contributed by atoms with E-state index in [2.05, 4.69) is 4.83 Å². The van der Waals surface area contributed by atoms with Gasteiger partial charge >= 0.3 is 0 Å². The molecule has 0 aliphatic carbocycles. The Morgan fingerprint density at radius 2 is 1.81 bits per heavy atom. The van der Waals surface area contributed by atoms with Crippen LogP contribution in [0.2, 0.25) is 0 Å². The Labute approximate surface area is 123 Å². The van der Waals surface area contributed by atoms with E-state index >= 15 is 0 Å². The van der Waals surface area contributed by atoms with Gasteiger partial charge in [0.15, 0.2) is 5.82 Å². The smallest absolute Gasteiger partial charge is 0.256 e. The highest BCUT2D eigenvalue weighted by Gasteiger charge is 2.31. The van der Waals surface area contributed by atoms with Crippen molar-refractivity contribution in [2.24, 2.45) is 0 Å². The molecule has 1 aromatic carbocycles. The normalized spacial score (nSPS) is 24.2. The Hall–Kier alpha value is -1.25. The van der Waals surface area contributed by atoms with Crippen molar-refractivity contribution in [1.82, 2.24) is 9.84 Å². The number of anilines is 1. The predicted octanol–water partition coefficient (Wildman–Crippen LogP) is 2.00. The van der Waals surface area contributed by atoms with Gasteiger partial charge in [-0.1, -0.05) is 6.42 Å². The number of halogens is 2. The molecule has 1 saturated heterocycles. The lowest BCUT2D eigenvalue weighted by Crippen LogP contribution is -2.54. The quantitative estimate of drug-likeness (QED) is 0.836. The molecule has 1 fully saturated rings. The van der Waals surface area contributed by atoms with Crippen LogP contribution in [0.1, 0.15) is 33.1 Å². The molecule has 8 heteroatoms. The van der Waals surface area contributed by atoms with E-state index in [1.807, 2.05) is 13.8 Å². The second kappa shape index (κ2) is 5.86. The van der Waals surface area contributed by atoms with E-state index in [4.69, 9.17) is 5.73 Å². The van der Waals surface area contributed by atoms with E-state index < -0.39 is 32.2 Å². The van der Waals surface area contributed by atoms with Gasteiger partial charge in [-0.2, -0.15) is 0 Å². The fraction of sp³-hybridized carbons (Fsp3) is 0.538. The Kier molecular flexibility index (Phi) is 4.50. The van der Waals surface area contributed by atoms with Crippen LogP contribution in [0.25, 0.3) is 0 Å². The van der Waals surface area contributed by atoms with Crippen LogP contribution < -0.4 is 10.6 Å². The number of nitrogens with two attached hydrogens (primary N) is 1. The van der Waals surface area contributed by atoms with Gasteiger partial charge in [-0.15, -0.1) is 4.83 Å². The van der Waals surface area contributed by atoms with Crippen molar-refractivity contribution in [3.63, 3.8) is 0 Å². The van der Waals surface area contributed by atoms with Crippen LogP contribution in [-0.4, -0.2) is 25.5 Å². The van der Waals surface area contributed by atoms with Crippen LogP contribution in [-0.2, 0) is 10.0 Å². The zero-order valence-corrected chi connectivity index (χ0v) is 12.8. The van der Waals surface area contributed by atoms with Gasteiger partial charge < -0.3 is 5.73 Å². The first-order valence-electron chi connectivity index (χ1n) is 6.78. The zero-order chi connectivity index (χ0) is 15.8. The minimum absolute atomic E-state index is 0.00406. The largest absolute Gasteiger partial charge is 0.394 e. The molecule has 0 spiro atoms. The van der Waals surface area contributed by atoms with Crippen molar-refractivity contribution in [1.29, 1.82) is 0 Å². The molecule has 3 N–H and O–H groups in total. The van der Waals surface area contributed by atoms with Crippen LogP contribution in [0.5, 0.6) is 0 Å². The summed E-state index contributed by atoms with van der Waals surface area (Å²) in [6, 6.07) is 1.73. The molecule has 2 unspecified atom stereocenters. The molecule has 0 saturated carbocycles. The first-order chi connectivity index (χ1) is 9.74. The third-order valence-corrected chi connectivity index (χ3v) is 5.15. The van der Waals surface area contributed by atoms with Gasteiger partial charge in [-0.05, 0) is 38.8 Å². The lowest BCUT2D eigenvalue weighted by Gasteiger charge is -2.38. The minimum atomic E-state index is -4.14. The van der Waals surface area contributed by atoms with Crippen LogP contribution in [0, 0.1) is 11.6 Å². The summed E-state index contributed by atoms with van der Waals surface area (Å²) in [5, 5.41) is 1.60. The number of nitrogens with zero attached hydrogens (tertiary/aromatic N) is 1. The third kappa shape index (κ3) is 3.17. The van der Waals surface area contributed by atoms with Gasteiger partial charge in [0.1, 0.15) is 16.4 Å². The maximum Gasteiger partial charge on any atom is 0.256 e. The van der Waals surface area contributed by atoms with E-state index in [-0.39, 0.29) is 12.1 Å². The topological polar surface area (TPSA) is 75.4 Å². The molecule has 2 atom stereocenters. The Balaban J connectivity index is 2.32. The number of nitrogens with one attached hydrogen (secondary N) is 1. The number of piperidine rings is 1. The molecule has 1 aromatic rings. The molecule has 0 amide bonds. The van der Waals surface area contributed by atoms with Gasteiger partial charge in [-0.25, -0.2) is 22.2 Å². The van der Waals surface area contributed by atoms with E-state index in [9.17, 15) is 17.2 Å². The summed E-state index contributed by atoms with van der Waals surface area (Å²) in [4.78, 5) is 1.74. The lowest BCUT2D eigenvalue weighted by atomic mass is 10.0. The highest BCUT2D eigenvalue weighted by Crippen LogP contribution is 2.25. The summed E-state index contributed by atoms with van der Waals surface area (Å²) in [5.74, 6) is -2.24. The summed E-state index contributed by atoms with van der Waals surface area (Å²) >= 11 is 0. The number of hydrazine groups is 1.